The minimum Gasteiger partial charge on any atom is -0.496 e. The second-order valence-corrected chi connectivity index (χ2v) is 7.23. The average Bonchev–Trinajstić information content (AvgIpc) is 3.12. The number of carbonyl (C=O) groups excluding carboxylic acids is 1. The summed E-state index contributed by atoms with van der Waals surface area (Å²) in [5.74, 6) is 1.35. The van der Waals surface area contributed by atoms with E-state index in [0.717, 1.165) is 22.4 Å². The fourth-order valence-electron chi connectivity index (χ4n) is 3.82. The first-order valence-corrected chi connectivity index (χ1v) is 10.1. The van der Waals surface area contributed by atoms with E-state index >= 15 is 0 Å². The Morgan fingerprint density at radius 3 is 2.29 bits per heavy atom. The van der Waals surface area contributed by atoms with Gasteiger partial charge in [-0.2, -0.15) is 5.10 Å². The SMILES string of the molecule is COc1ccccc1/C=N\N1C(=O)CN(Cc2ccccc2)[C@@H]1c1ccccc1OC. The summed E-state index contributed by atoms with van der Waals surface area (Å²) in [6.07, 6.45) is 1.29. The number of amides is 1. The first kappa shape index (κ1) is 20.6. The van der Waals surface area contributed by atoms with Crippen LogP contribution in [-0.4, -0.2) is 42.8 Å². The highest BCUT2D eigenvalue weighted by Gasteiger charge is 2.40. The molecule has 3 aromatic rings. The van der Waals surface area contributed by atoms with E-state index in [1.54, 1.807) is 20.4 Å². The molecule has 1 aliphatic heterocycles. The predicted molar refractivity (Wildman–Crippen MR) is 120 cm³/mol. The van der Waals surface area contributed by atoms with E-state index < -0.39 is 0 Å². The Kier molecular flexibility index (Phi) is 6.29. The van der Waals surface area contributed by atoms with E-state index in [0.29, 0.717) is 12.3 Å². The smallest absolute Gasteiger partial charge is 0.258 e. The molecule has 1 saturated heterocycles. The van der Waals surface area contributed by atoms with E-state index in [1.807, 2.05) is 66.7 Å². The Hall–Kier alpha value is -3.64. The number of para-hydroxylation sites is 2. The number of ether oxygens (including phenoxy) is 2. The van der Waals surface area contributed by atoms with Gasteiger partial charge in [-0.3, -0.25) is 9.69 Å². The average molecular weight is 415 g/mol. The van der Waals surface area contributed by atoms with E-state index in [-0.39, 0.29) is 18.6 Å². The minimum atomic E-state index is -0.380. The summed E-state index contributed by atoms with van der Waals surface area (Å²) in [4.78, 5) is 15.1. The largest absolute Gasteiger partial charge is 0.496 e. The van der Waals surface area contributed by atoms with Gasteiger partial charge in [-0.1, -0.05) is 60.7 Å². The molecule has 6 nitrogen and oxygen atoms in total. The third-order valence-electron chi connectivity index (χ3n) is 5.28. The quantitative estimate of drug-likeness (QED) is 0.546. The van der Waals surface area contributed by atoms with Crippen LogP contribution in [0.3, 0.4) is 0 Å². The highest BCUT2D eigenvalue weighted by atomic mass is 16.5. The molecule has 1 aliphatic rings. The molecule has 0 aliphatic carbocycles. The molecule has 1 heterocycles. The Bertz CT molecular complexity index is 1070. The van der Waals surface area contributed by atoms with Crippen molar-refractivity contribution >= 4 is 12.1 Å². The maximum Gasteiger partial charge on any atom is 0.258 e. The molecule has 1 atom stereocenters. The van der Waals surface area contributed by atoms with Crippen LogP contribution in [0.1, 0.15) is 22.9 Å². The number of benzene rings is 3. The molecule has 0 bridgehead atoms. The van der Waals surface area contributed by atoms with Gasteiger partial charge in [0.1, 0.15) is 17.7 Å². The highest BCUT2D eigenvalue weighted by Crippen LogP contribution is 2.37. The lowest BCUT2D eigenvalue weighted by molar-refractivity contribution is -0.128. The molecule has 158 valence electrons. The van der Waals surface area contributed by atoms with Crippen LogP contribution >= 0.6 is 0 Å². The number of hydrogen-bond acceptors (Lipinski definition) is 5. The van der Waals surface area contributed by atoms with E-state index in [2.05, 4.69) is 22.1 Å². The number of carbonyl (C=O) groups is 1. The van der Waals surface area contributed by atoms with Gasteiger partial charge in [-0.15, -0.1) is 0 Å². The molecule has 3 aromatic carbocycles. The third kappa shape index (κ3) is 4.44. The third-order valence-corrected chi connectivity index (χ3v) is 5.28. The molecule has 4 rings (SSSR count). The van der Waals surface area contributed by atoms with Crippen molar-refractivity contribution in [1.82, 2.24) is 9.91 Å². The summed E-state index contributed by atoms with van der Waals surface area (Å²) >= 11 is 0. The van der Waals surface area contributed by atoms with Crippen LogP contribution in [0.2, 0.25) is 0 Å². The fourth-order valence-corrected chi connectivity index (χ4v) is 3.82. The molecule has 0 radical (unpaired) electrons. The molecular formula is C25H25N3O3. The summed E-state index contributed by atoms with van der Waals surface area (Å²) < 4.78 is 11.0. The molecule has 6 heteroatoms. The molecule has 1 fully saturated rings. The van der Waals surface area contributed by atoms with Gasteiger partial charge in [0, 0.05) is 17.7 Å². The normalized spacial score (nSPS) is 16.8. The van der Waals surface area contributed by atoms with Crippen molar-refractivity contribution in [2.24, 2.45) is 5.10 Å². The van der Waals surface area contributed by atoms with Crippen molar-refractivity contribution in [2.75, 3.05) is 20.8 Å². The van der Waals surface area contributed by atoms with Gasteiger partial charge in [0.25, 0.3) is 5.91 Å². The second kappa shape index (κ2) is 9.45. The van der Waals surface area contributed by atoms with Crippen molar-refractivity contribution in [2.45, 2.75) is 12.7 Å². The molecular weight excluding hydrogens is 390 g/mol. The lowest BCUT2D eigenvalue weighted by atomic mass is 10.1. The second-order valence-electron chi connectivity index (χ2n) is 7.23. The summed E-state index contributed by atoms with van der Waals surface area (Å²) in [6.45, 7) is 0.886. The molecule has 0 spiro atoms. The summed E-state index contributed by atoms with van der Waals surface area (Å²) in [6, 6.07) is 25.4. The number of methoxy groups -OCH3 is 2. The van der Waals surface area contributed by atoms with Crippen LogP contribution < -0.4 is 9.47 Å². The Morgan fingerprint density at radius 2 is 1.55 bits per heavy atom. The first-order valence-electron chi connectivity index (χ1n) is 10.1. The van der Waals surface area contributed by atoms with Crippen molar-refractivity contribution in [3.05, 3.63) is 95.6 Å². The fraction of sp³-hybridized carbons (Fsp3) is 0.200. The van der Waals surface area contributed by atoms with Gasteiger partial charge in [-0.05, 0) is 23.8 Å². The number of hydrazone groups is 1. The van der Waals surface area contributed by atoms with Crippen molar-refractivity contribution in [3.8, 4) is 11.5 Å². The highest BCUT2D eigenvalue weighted by molar-refractivity contribution is 5.86. The lowest BCUT2D eigenvalue weighted by Crippen LogP contribution is -2.29. The zero-order valence-corrected chi connectivity index (χ0v) is 17.6. The van der Waals surface area contributed by atoms with Crippen molar-refractivity contribution in [3.63, 3.8) is 0 Å². The van der Waals surface area contributed by atoms with Crippen LogP contribution in [0.15, 0.2) is 84.0 Å². The number of rotatable bonds is 7. The van der Waals surface area contributed by atoms with E-state index in [1.165, 1.54) is 5.01 Å². The van der Waals surface area contributed by atoms with E-state index in [9.17, 15) is 4.79 Å². The summed E-state index contributed by atoms with van der Waals surface area (Å²) in [7, 11) is 3.26. The molecule has 0 saturated carbocycles. The maximum atomic E-state index is 13.0. The Balaban J connectivity index is 1.71. The summed E-state index contributed by atoms with van der Waals surface area (Å²) in [5.41, 5.74) is 2.83. The maximum absolute atomic E-state index is 13.0. The van der Waals surface area contributed by atoms with Crippen molar-refractivity contribution in [1.29, 1.82) is 0 Å². The van der Waals surface area contributed by atoms with Crippen LogP contribution in [0, 0.1) is 0 Å². The Morgan fingerprint density at radius 1 is 0.903 bits per heavy atom. The van der Waals surface area contributed by atoms with Crippen LogP contribution in [0.4, 0.5) is 0 Å². The van der Waals surface area contributed by atoms with Gasteiger partial charge in [0.2, 0.25) is 0 Å². The number of nitrogens with zero attached hydrogens (tertiary/aromatic N) is 3. The standard InChI is InChI=1S/C25H25N3O3/c1-30-22-14-8-6-12-20(22)16-26-28-24(29)18-27(17-19-10-4-3-5-11-19)25(28)21-13-7-9-15-23(21)31-2/h3-16,25H,17-18H2,1-2H3/b26-16-/t25-/m0/s1. The monoisotopic (exact) mass is 415 g/mol. The van der Waals surface area contributed by atoms with Gasteiger partial charge in [0.15, 0.2) is 0 Å². The van der Waals surface area contributed by atoms with Gasteiger partial charge < -0.3 is 9.47 Å². The topological polar surface area (TPSA) is 54.4 Å². The van der Waals surface area contributed by atoms with Crippen molar-refractivity contribution < 1.29 is 14.3 Å². The van der Waals surface area contributed by atoms with Crippen LogP contribution in [0.5, 0.6) is 11.5 Å². The predicted octanol–water partition coefficient (Wildman–Crippen LogP) is 4.08. The Labute approximate surface area is 182 Å². The molecule has 1 amide bonds. The van der Waals surface area contributed by atoms with Gasteiger partial charge >= 0.3 is 0 Å². The lowest BCUT2D eigenvalue weighted by Gasteiger charge is -2.28. The zero-order valence-electron chi connectivity index (χ0n) is 17.6. The molecule has 0 N–H and O–H groups in total. The summed E-state index contributed by atoms with van der Waals surface area (Å²) in [5, 5.41) is 6.12. The molecule has 31 heavy (non-hydrogen) atoms. The van der Waals surface area contributed by atoms with Crippen LogP contribution in [0.25, 0.3) is 0 Å². The van der Waals surface area contributed by atoms with Gasteiger partial charge in [0.05, 0.1) is 27.0 Å². The zero-order chi connectivity index (χ0) is 21.6. The molecule has 0 aromatic heterocycles. The van der Waals surface area contributed by atoms with Crippen LogP contribution in [-0.2, 0) is 11.3 Å². The van der Waals surface area contributed by atoms with Gasteiger partial charge in [-0.25, -0.2) is 5.01 Å². The first-order chi connectivity index (χ1) is 15.2. The number of hydrogen-bond donors (Lipinski definition) is 0. The minimum absolute atomic E-state index is 0.0713. The molecule has 0 unspecified atom stereocenters. The van der Waals surface area contributed by atoms with E-state index in [4.69, 9.17) is 9.47 Å².